The van der Waals surface area contributed by atoms with Crippen LogP contribution in [0.25, 0.3) is 11.1 Å². The maximum Gasteiger partial charge on any atom is 0.417 e. The van der Waals surface area contributed by atoms with Crippen molar-refractivity contribution in [1.29, 1.82) is 0 Å². The summed E-state index contributed by atoms with van der Waals surface area (Å²) in [5.41, 5.74) is 2.69. The summed E-state index contributed by atoms with van der Waals surface area (Å²) in [5, 5.41) is 10.1. The second-order valence-corrected chi connectivity index (χ2v) is 10.4. The lowest BCUT2D eigenvalue weighted by Gasteiger charge is -2.25. The fraction of sp³-hybridized carbons (Fsp3) is 0.379. The topological polar surface area (TPSA) is 75.1 Å². The van der Waals surface area contributed by atoms with Gasteiger partial charge < -0.3 is 19.5 Å². The zero-order valence-corrected chi connectivity index (χ0v) is 22.3. The van der Waals surface area contributed by atoms with Crippen LogP contribution < -0.4 is 14.5 Å². The van der Waals surface area contributed by atoms with Crippen LogP contribution in [0.15, 0.2) is 60.8 Å². The van der Waals surface area contributed by atoms with Crippen LogP contribution in [0, 0.1) is 0 Å². The number of hydrogen-bond donors (Lipinski definition) is 1. The molecule has 0 bridgehead atoms. The second kappa shape index (κ2) is 11.1. The van der Waals surface area contributed by atoms with Gasteiger partial charge in [-0.25, -0.2) is 9.78 Å². The van der Waals surface area contributed by atoms with Gasteiger partial charge in [-0.05, 0) is 67.8 Å². The summed E-state index contributed by atoms with van der Waals surface area (Å²) < 4.78 is 49.5. The zero-order chi connectivity index (χ0) is 28.4. The quantitative estimate of drug-likeness (QED) is 0.394. The molecule has 0 spiro atoms. The summed E-state index contributed by atoms with van der Waals surface area (Å²) in [6.07, 6.45) is -3.65. The minimum atomic E-state index is -4.44. The average Bonchev–Trinajstić information content (AvgIpc) is 3.35. The first-order valence-electron chi connectivity index (χ1n) is 12.6. The first kappa shape index (κ1) is 28.2. The van der Waals surface area contributed by atoms with Crippen LogP contribution in [0.4, 0.5) is 29.3 Å². The lowest BCUT2D eigenvalue weighted by Crippen LogP contribution is -2.34. The normalized spacial score (nSPS) is 15.8. The molecule has 1 atom stereocenters. The Bertz CT molecular complexity index is 1290. The molecule has 10 heteroatoms. The number of carbonyl (C=O) groups is 1. The van der Waals surface area contributed by atoms with Crippen molar-refractivity contribution in [3.8, 4) is 17.0 Å². The minimum absolute atomic E-state index is 0.155. The summed E-state index contributed by atoms with van der Waals surface area (Å²) >= 11 is 0. The molecule has 7 nitrogen and oxygen atoms in total. The molecule has 1 aliphatic heterocycles. The molecule has 1 fully saturated rings. The van der Waals surface area contributed by atoms with Crippen molar-refractivity contribution in [1.82, 2.24) is 4.98 Å². The molecule has 0 radical (unpaired) electrons. The Balaban J connectivity index is 1.42. The van der Waals surface area contributed by atoms with Gasteiger partial charge in [0.05, 0.1) is 18.7 Å². The molecular weight excluding hydrogens is 511 g/mol. The van der Waals surface area contributed by atoms with Crippen LogP contribution in [0.5, 0.6) is 5.88 Å². The Hall–Kier alpha value is -3.79. The van der Waals surface area contributed by atoms with Crippen molar-refractivity contribution >= 4 is 17.5 Å². The highest BCUT2D eigenvalue weighted by Gasteiger charge is 2.31. The van der Waals surface area contributed by atoms with E-state index in [1.54, 1.807) is 7.05 Å². The molecular formula is C29H32F3N3O4. The molecule has 208 valence electrons. The van der Waals surface area contributed by atoms with Crippen molar-refractivity contribution in [3.63, 3.8) is 0 Å². The summed E-state index contributed by atoms with van der Waals surface area (Å²) in [7, 11) is 1.65. The third-order valence-corrected chi connectivity index (χ3v) is 6.35. The van der Waals surface area contributed by atoms with Gasteiger partial charge in [0.2, 0.25) is 5.88 Å². The lowest BCUT2D eigenvalue weighted by molar-refractivity contribution is -0.137. The number of amides is 1. The molecule has 1 aliphatic rings. The van der Waals surface area contributed by atoms with Crippen LogP contribution in [0.3, 0.4) is 0 Å². The molecule has 4 rings (SSSR count). The first-order valence-corrected chi connectivity index (χ1v) is 12.6. The fourth-order valence-electron chi connectivity index (χ4n) is 4.34. The van der Waals surface area contributed by atoms with Gasteiger partial charge in [0, 0.05) is 43.7 Å². The monoisotopic (exact) mass is 543 g/mol. The molecule has 0 aliphatic carbocycles. The van der Waals surface area contributed by atoms with Crippen molar-refractivity contribution in [3.05, 3.63) is 71.9 Å². The van der Waals surface area contributed by atoms with E-state index in [1.807, 2.05) is 63.2 Å². The van der Waals surface area contributed by atoms with E-state index in [1.165, 1.54) is 11.0 Å². The van der Waals surface area contributed by atoms with Gasteiger partial charge in [0.1, 0.15) is 11.7 Å². The van der Waals surface area contributed by atoms with Gasteiger partial charge in [-0.15, -0.1) is 0 Å². The molecule has 1 N–H and O–H groups in total. The number of rotatable bonds is 6. The summed E-state index contributed by atoms with van der Waals surface area (Å²) in [6, 6.07) is 15.5. The van der Waals surface area contributed by atoms with E-state index in [0.29, 0.717) is 25.2 Å². The molecule has 39 heavy (non-hydrogen) atoms. The van der Waals surface area contributed by atoms with Crippen LogP contribution in [0.2, 0.25) is 0 Å². The van der Waals surface area contributed by atoms with E-state index in [2.05, 4.69) is 9.88 Å². The minimum Gasteiger partial charge on any atom is -0.472 e. The van der Waals surface area contributed by atoms with Crippen molar-refractivity contribution in [2.75, 3.05) is 29.9 Å². The number of halogens is 3. The molecule has 0 saturated carbocycles. The Kier molecular flexibility index (Phi) is 8.06. The smallest absolute Gasteiger partial charge is 0.417 e. The summed E-state index contributed by atoms with van der Waals surface area (Å²) in [5.74, 6) is 0.155. The number of pyridine rings is 1. The van der Waals surface area contributed by atoms with Crippen molar-refractivity contribution < 1.29 is 32.5 Å². The van der Waals surface area contributed by atoms with Crippen LogP contribution in [-0.4, -0.2) is 48.0 Å². The Morgan fingerprint density at radius 3 is 2.41 bits per heavy atom. The van der Waals surface area contributed by atoms with E-state index in [4.69, 9.17) is 9.47 Å². The number of aliphatic hydroxyl groups excluding tert-OH is 1. The molecule has 2 heterocycles. The molecule has 1 saturated heterocycles. The number of aliphatic hydroxyl groups is 1. The number of anilines is 2. The highest BCUT2D eigenvalue weighted by molar-refractivity contribution is 5.87. The first-order chi connectivity index (χ1) is 18.3. The number of aromatic nitrogens is 1. The van der Waals surface area contributed by atoms with Gasteiger partial charge in [0.15, 0.2) is 0 Å². The Morgan fingerprint density at radius 1 is 1.10 bits per heavy atom. The lowest BCUT2D eigenvalue weighted by atomic mass is 9.99. The predicted molar refractivity (Wildman–Crippen MR) is 143 cm³/mol. The van der Waals surface area contributed by atoms with Crippen molar-refractivity contribution in [2.24, 2.45) is 0 Å². The third-order valence-electron chi connectivity index (χ3n) is 6.35. The predicted octanol–water partition coefficient (Wildman–Crippen LogP) is 6.29. The molecule has 2 aromatic carbocycles. The zero-order valence-electron chi connectivity index (χ0n) is 22.3. The highest BCUT2D eigenvalue weighted by atomic mass is 19.4. The van der Waals surface area contributed by atoms with Gasteiger partial charge in [-0.2, -0.15) is 13.2 Å². The average molecular weight is 544 g/mol. The summed E-state index contributed by atoms with van der Waals surface area (Å²) in [4.78, 5) is 19.7. The Morgan fingerprint density at radius 2 is 1.82 bits per heavy atom. The largest absolute Gasteiger partial charge is 0.472 e. The third kappa shape index (κ3) is 7.00. The molecule has 3 aromatic rings. The Labute approximate surface area is 225 Å². The van der Waals surface area contributed by atoms with Gasteiger partial charge in [-0.1, -0.05) is 18.2 Å². The van der Waals surface area contributed by atoms with Gasteiger partial charge in [-0.3, -0.25) is 4.90 Å². The number of nitrogens with zero attached hydrogens (tertiary/aromatic N) is 3. The van der Waals surface area contributed by atoms with Crippen LogP contribution in [0.1, 0.15) is 38.3 Å². The number of benzene rings is 2. The highest BCUT2D eigenvalue weighted by Crippen LogP contribution is 2.32. The van der Waals surface area contributed by atoms with Crippen molar-refractivity contribution in [2.45, 2.75) is 51.7 Å². The fourth-order valence-corrected chi connectivity index (χ4v) is 4.34. The maximum atomic E-state index is 12.8. The van der Waals surface area contributed by atoms with E-state index < -0.39 is 23.4 Å². The maximum absolute atomic E-state index is 12.8. The molecule has 1 amide bonds. The standard InChI is InChI=1S/C29H32F3N3O4/c1-28(2,3)39-27(37)34(4)22-8-5-19(6-9-22)25-11-10-23(15-20(25)18-36)35-14-13-24(17-35)38-26-12-7-21(16-33-26)29(30,31)32/h5-12,15-16,24,36H,13-14,17-18H2,1-4H3. The molecule has 1 unspecified atom stereocenters. The van der Waals surface area contributed by atoms with E-state index in [0.717, 1.165) is 34.6 Å². The number of ether oxygens (including phenoxy) is 2. The van der Waals surface area contributed by atoms with Crippen LogP contribution >= 0.6 is 0 Å². The van der Waals surface area contributed by atoms with Gasteiger partial charge in [0.25, 0.3) is 0 Å². The number of carbonyl (C=O) groups excluding carboxylic acids is 1. The molecule has 1 aromatic heterocycles. The second-order valence-electron chi connectivity index (χ2n) is 10.4. The number of alkyl halides is 3. The SMILES string of the molecule is CN(C(=O)OC(C)(C)C)c1ccc(-c2ccc(N3CCC(Oc4ccc(C(F)(F)F)cn4)C3)cc2CO)cc1. The van der Waals surface area contributed by atoms with E-state index >= 15 is 0 Å². The van der Waals surface area contributed by atoms with E-state index in [-0.39, 0.29) is 18.6 Å². The summed E-state index contributed by atoms with van der Waals surface area (Å²) in [6.45, 7) is 6.51. The van der Waals surface area contributed by atoms with Crippen LogP contribution in [-0.2, 0) is 17.5 Å². The van der Waals surface area contributed by atoms with E-state index in [9.17, 15) is 23.1 Å². The van der Waals surface area contributed by atoms with Gasteiger partial charge >= 0.3 is 12.3 Å². The number of hydrogen-bond acceptors (Lipinski definition) is 6.